The zero-order chi connectivity index (χ0) is 17.3. The minimum atomic E-state index is -1.56. The molecule has 2 aromatic carbocycles. The van der Waals surface area contributed by atoms with Gasteiger partial charge in [-0.05, 0) is 29.0 Å². The molecule has 124 valence electrons. The van der Waals surface area contributed by atoms with Gasteiger partial charge in [0.05, 0.1) is 7.11 Å². The number of rotatable bonds is 1. The number of methoxy groups -OCH3 is 1. The predicted molar refractivity (Wildman–Crippen MR) is 89.5 cm³/mol. The lowest BCUT2D eigenvalue weighted by Gasteiger charge is -2.40. The molecule has 2 aliphatic carbocycles. The minimum absolute atomic E-state index is 0.0477. The molecule has 0 bridgehead atoms. The number of aromatic hydroxyl groups is 1. The van der Waals surface area contributed by atoms with Crippen LogP contribution in [0, 0.1) is 5.92 Å². The molecule has 0 radical (unpaired) electrons. The maximum absolute atomic E-state index is 13.3. The van der Waals surface area contributed by atoms with Gasteiger partial charge in [-0.2, -0.15) is 0 Å². The molecule has 4 nitrogen and oxygen atoms in total. The quantitative estimate of drug-likeness (QED) is 0.846. The minimum Gasteiger partial charge on any atom is -0.508 e. The topological polar surface area (TPSA) is 66.8 Å². The summed E-state index contributed by atoms with van der Waals surface area (Å²) in [5.41, 5.74) is 0.675. The van der Waals surface area contributed by atoms with Crippen molar-refractivity contribution >= 4 is 5.78 Å². The van der Waals surface area contributed by atoms with Gasteiger partial charge >= 0.3 is 0 Å². The number of benzene rings is 2. The number of carbonyl (C=O) groups is 1. The SMILES string of the molecule is COc1cc(O)c2c(c1)C(=O)C1(O)c3ccccc3C(C)(C)C1C2. The second-order valence-electron chi connectivity index (χ2n) is 7.29. The molecule has 0 spiro atoms. The van der Waals surface area contributed by atoms with E-state index in [-0.39, 0.29) is 22.9 Å². The number of phenols is 1. The van der Waals surface area contributed by atoms with Crippen LogP contribution in [-0.2, 0) is 17.4 Å². The van der Waals surface area contributed by atoms with Crippen LogP contribution in [0.3, 0.4) is 0 Å². The number of ether oxygens (including phenoxy) is 1. The molecule has 2 atom stereocenters. The molecule has 0 saturated heterocycles. The third-order valence-electron chi connectivity index (χ3n) is 5.84. The van der Waals surface area contributed by atoms with Gasteiger partial charge in [-0.15, -0.1) is 0 Å². The first kappa shape index (κ1) is 15.2. The van der Waals surface area contributed by atoms with Gasteiger partial charge in [0.25, 0.3) is 0 Å². The van der Waals surface area contributed by atoms with Gasteiger partial charge in [0, 0.05) is 23.1 Å². The van der Waals surface area contributed by atoms with Crippen molar-refractivity contribution in [3.8, 4) is 11.5 Å². The van der Waals surface area contributed by atoms with E-state index in [0.717, 1.165) is 5.56 Å². The van der Waals surface area contributed by atoms with E-state index in [0.29, 0.717) is 28.9 Å². The lowest BCUT2D eigenvalue weighted by atomic mass is 9.65. The summed E-state index contributed by atoms with van der Waals surface area (Å²) in [5, 5.41) is 21.9. The van der Waals surface area contributed by atoms with Gasteiger partial charge < -0.3 is 14.9 Å². The van der Waals surface area contributed by atoms with Crippen molar-refractivity contribution in [3.05, 3.63) is 58.7 Å². The third-order valence-corrected chi connectivity index (χ3v) is 5.84. The summed E-state index contributed by atoms with van der Waals surface area (Å²) in [6.45, 7) is 4.10. The highest BCUT2D eigenvalue weighted by Crippen LogP contribution is 2.58. The summed E-state index contributed by atoms with van der Waals surface area (Å²) < 4.78 is 5.17. The summed E-state index contributed by atoms with van der Waals surface area (Å²) in [4.78, 5) is 13.3. The highest BCUT2D eigenvalue weighted by molar-refractivity contribution is 6.07. The first-order valence-electron chi connectivity index (χ1n) is 8.08. The van der Waals surface area contributed by atoms with Gasteiger partial charge in [-0.1, -0.05) is 38.1 Å². The number of ketones is 1. The second-order valence-corrected chi connectivity index (χ2v) is 7.29. The molecule has 0 aliphatic heterocycles. The van der Waals surface area contributed by atoms with E-state index in [2.05, 4.69) is 0 Å². The van der Waals surface area contributed by atoms with Crippen LogP contribution < -0.4 is 4.74 Å². The van der Waals surface area contributed by atoms with Crippen molar-refractivity contribution in [2.45, 2.75) is 31.3 Å². The molecular formula is C20H20O4. The molecule has 2 aromatic rings. The zero-order valence-corrected chi connectivity index (χ0v) is 14.0. The highest BCUT2D eigenvalue weighted by Gasteiger charge is 2.61. The zero-order valence-electron chi connectivity index (χ0n) is 14.0. The molecule has 0 fully saturated rings. The molecule has 0 amide bonds. The highest BCUT2D eigenvalue weighted by atomic mass is 16.5. The number of aliphatic hydroxyl groups is 1. The monoisotopic (exact) mass is 324 g/mol. The van der Waals surface area contributed by atoms with Crippen LogP contribution in [0.1, 0.15) is 40.9 Å². The standard InChI is InChI=1S/C20H20O4/c1-19(2)14-6-4-5-7-15(14)20(23)17(19)10-12-13(18(20)22)8-11(24-3)9-16(12)21/h4-9,17,21,23H,10H2,1-3H3. The molecule has 2 aliphatic rings. The first-order valence-corrected chi connectivity index (χ1v) is 8.08. The van der Waals surface area contributed by atoms with E-state index in [1.165, 1.54) is 13.2 Å². The van der Waals surface area contributed by atoms with Crippen molar-refractivity contribution in [1.29, 1.82) is 0 Å². The lowest BCUT2D eigenvalue weighted by molar-refractivity contribution is -0.0181. The van der Waals surface area contributed by atoms with Crippen LogP contribution in [0.4, 0.5) is 0 Å². The maximum Gasteiger partial charge on any atom is 0.199 e. The molecule has 24 heavy (non-hydrogen) atoms. The average molecular weight is 324 g/mol. The van der Waals surface area contributed by atoms with E-state index in [1.807, 2.05) is 38.1 Å². The number of hydrogen-bond donors (Lipinski definition) is 2. The summed E-state index contributed by atoms with van der Waals surface area (Å²) in [7, 11) is 1.49. The van der Waals surface area contributed by atoms with Crippen LogP contribution >= 0.6 is 0 Å². The summed E-state index contributed by atoms with van der Waals surface area (Å²) in [5.74, 6) is -0.221. The van der Waals surface area contributed by atoms with Crippen LogP contribution in [0.2, 0.25) is 0 Å². The van der Waals surface area contributed by atoms with Crippen LogP contribution in [0.15, 0.2) is 36.4 Å². The molecule has 4 rings (SSSR count). The van der Waals surface area contributed by atoms with Gasteiger partial charge in [-0.3, -0.25) is 4.79 Å². The average Bonchev–Trinajstić information content (AvgIpc) is 2.75. The van der Waals surface area contributed by atoms with E-state index in [4.69, 9.17) is 4.74 Å². The first-order chi connectivity index (χ1) is 11.3. The summed E-state index contributed by atoms with van der Waals surface area (Å²) in [6, 6.07) is 10.7. The largest absolute Gasteiger partial charge is 0.508 e. The van der Waals surface area contributed by atoms with E-state index < -0.39 is 5.60 Å². The molecule has 4 heteroatoms. The Bertz CT molecular complexity index is 868. The molecular weight excluding hydrogens is 304 g/mol. The maximum atomic E-state index is 13.3. The van der Waals surface area contributed by atoms with Crippen LogP contribution in [0.5, 0.6) is 11.5 Å². The Morgan fingerprint density at radius 1 is 1.17 bits per heavy atom. The Kier molecular flexibility index (Phi) is 2.92. The van der Waals surface area contributed by atoms with Crippen molar-refractivity contribution < 1.29 is 19.7 Å². The molecule has 2 N–H and O–H groups in total. The Balaban J connectivity index is 2.00. The van der Waals surface area contributed by atoms with E-state index in [1.54, 1.807) is 6.07 Å². The number of carbonyl (C=O) groups excluding carboxylic acids is 1. The van der Waals surface area contributed by atoms with Crippen LogP contribution in [-0.4, -0.2) is 23.1 Å². The Hall–Kier alpha value is -2.33. The molecule has 0 aromatic heterocycles. The number of Topliss-reactive ketones (excluding diaryl/α,β-unsaturated/α-hetero) is 1. The number of fused-ring (bicyclic) bond motifs is 4. The molecule has 2 unspecified atom stereocenters. The van der Waals surface area contributed by atoms with E-state index in [9.17, 15) is 15.0 Å². The number of hydrogen-bond acceptors (Lipinski definition) is 4. The Morgan fingerprint density at radius 2 is 1.83 bits per heavy atom. The fourth-order valence-corrected chi connectivity index (χ4v) is 4.53. The van der Waals surface area contributed by atoms with Crippen LogP contribution in [0.25, 0.3) is 0 Å². The van der Waals surface area contributed by atoms with Gasteiger partial charge in [0.15, 0.2) is 11.4 Å². The van der Waals surface area contributed by atoms with Crippen molar-refractivity contribution in [2.24, 2.45) is 5.92 Å². The van der Waals surface area contributed by atoms with Gasteiger partial charge in [0.2, 0.25) is 0 Å². The third kappa shape index (κ3) is 1.64. The molecule has 0 saturated carbocycles. The van der Waals surface area contributed by atoms with Crippen molar-refractivity contribution in [3.63, 3.8) is 0 Å². The van der Waals surface area contributed by atoms with Gasteiger partial charge in [-0.25, -0.2) is 0 Å². The molecule has 0 heterocycles. The second kappa shape index (κ2) is 4.61. The smallest absolute Gasteiger partial charge is 0.199 e. The van der Waals surface area contributed by atoms with E-state index >= 15 is 0 Å². The lowest BCUT2D eigenvalue weighted by Crippen LogP contribution is -2.48. The Morgan fingerprint density at radius 3 is 2.50 bits per heavy atom. The van der Waals surface area contributed by atoms with Crippen molar-refractivity contribution in [1.82, 2.24) is 0 Å². The number of phenolic OH excluding ortho intramolecular Hbond substituents is 1. The van der Waals surface area contributed by atoms with Crippen molar-refractivity contribution in [2.75, 3.05) is 7.11 Å². The fraction of sp³-hybridized carbons (Fsp3) is 0.350. The predicted octanol–water partition coefficient (Wildman–Crippen LogP) is 2.93. The Labute approximate surface area is 140 Å². The summed E-state index contributed by atoms with van der Waals surface area (Å²) >= 11 is 0. The summed E-state index contributed by atoms with van der Waals surface area (Å²) in [6.07, 6.45) is 0.440. The normalized spacial score (nSPS) is 26.5. The van der Waals surface area contributed by atoms with Gasteiger partial charge in [0.1, 0.15) is 11.5 Å². The fourth-order valence-electron chi connectivity index (χ4n) is 4.53.